The minimum Gasteiger partial charge on any atom is -0.409 e. The molecule has 1 heterocycles. The monoisotopic (exact) mass is 296 g/mol. The summed E-state index contributed by atoms with van der Waals surface area (Å²) in [6.45, 7) is 4.08. The molecular formula is C12H23F3N4O. The molecule has 1 fully saturated rings. The third-order valence-electron chi connectivity index (χ3n) is 3.96. The van der Waals surface area contributed by atoms with Crippen LogP contribution >= 0.6 is 0 Å². The van der Waals surface area contributed by atoms with Crippen molar-refractivity contribution in [1.82, 2.24) is 10.2 Å². The van der Waals surface area contributed by atoms with Gasteiger partial charge in [-0.2, -0.15) is 13.2 Å². The molecule has 0 amide bonds. The van der Waals surface area contributed by atoms with Crippen LogP contribution in [0.4, 0.5) is 13.2 Å². The molecule has 8 heteroatoms. The van der Waals surface area contributed by atoms with Gasteiger partial charge in [0.2, 0.25) is 0 Å². The van der Waals surface area contributed by atoms with Crippen LogP contribution in [-0.4, -0.2) is 55.3 Å². The molecule has 1 aliphatic heterocycles. The van der Waals surface area contributed by atoms with Gasteiger partial charge in [-0.3, -0.25) is 0 Å². The molecule has 0 aliphatic carbocycles. The Bertz CT molecular complexity index is 338. The van der Waals surface area contributed by atoms with E-state index in [1.54, 1.807) is 0 Å². The summed E-state index contributed by atoms with van der Waals surface area (Å²) < 4.78 is 38.3. The highest BCUT2D eigenvalue weighted by Gasteiger charge is 2.42. The second-order valence-corrected chi connectivity index (χ2v) is 5.86. The molecular weight excluding hydrogens is 273 g/mol. The first-order valence-electron chi connectivity index (χ1n) is 6.61. The van der Waals surface area contributed by atoms with Gasteiger partial charge in [0.15, 0.2) is 5.84 Å². The third kappa shape index (κ3) is 4.82. The first kappa shape index (κ1) is 17.0. The van der Waals surface area contributed by atoms with Crippen molar-refractivity contribution in [2.75, 3.05) is 33.2 Å². The van der Waals surface area contributed by atoms with Crippen molar-refractivity contribution < 1.29 is 18.4 Å². The Hall–Kier alpha value is -1.02. The minimum atomic E-state index is -4.52. The van der Waals surface area contributed by atoms with Gasteiger partial charge in [0.1, 0.15) is 5.92 Å². The second-order valence-electron chi connectivity index (χ2n) is 5.86. The SMILES string of the molecule is CN1CCC(C)(CNCC(C(N)=NO)C(F)(F)F)CC1. The summed E-state index contributed by atoms with van der Waals surface area (Å²) in [6, 6.07) is 0. The van der Waals surface area contributed by atoms with E-state index in [1.807, 2.05) is 7.05 Å². The molecule has 5 nitrogen and oxygen atoms in total. The quantitative estimate of drug-likeness (QED) is 0.309. The Kier molecular flexibility index (Phi) is 5.64. The Balaban J connectivity index is 2.49. The van der Waals surface area contributed by atoms with Crippen molar-refractivity contribution >= 4 is 5.84 Å². The predicted molar refractivity (Wildman–Crippen MR) is 70.7 cm³/mol. The second kappa shape index (κ2) is 6.62. The van der Waals surface area contributed by atoms with Gasteiger partial charge < -0.3 is 21.2 Å². The van der Waals surface area contributed by atoms with Crippen molar-refractivity contribution in [3.8, 4) is 0 Å². The number of hydrogen-bond acceptors (Lipinski definition) is 4. The Morgan fingerprint density at radius 3 is 2.45 bits per heavy atom. The van der Waals surface area contributed by atoms with Crippen LogP contribution < -0.4 is 11.1 Å². The van der Waals surface area contributed by atoms with Crippen LogP contribution in [-0.2, 0) is 0 Å². The summed E-state index contributed by atoms with van der Waals surface area (Å²) in [4.78, 5) is 2.21. The molecule has 0 aromatic rings. The van der Waals surface area contributed by atoms with Crippen LogP contribution in [0, 0.1) is 11.3 Å². The van der Waals surface area contributed by atoms with E-state index in [4.69, 9.17) is 10.9 Å². The Morgan fingerprint density at radius 2 is 2.00 bits per heavy atom. The average Bonchev–Trinajstić information content (AvgIpc) is 2.36. The van der Waals surface area contributed by atoms with E-state index in [2.05, 4.69) is 22.3 Å². The molecule has 1 atom stereocenters. The van der Waals surface area contributed by atoms with Gasteiger partial charge in [-0.05, 0) is 38.4 Å². The van der Waals surface area contributed by atoms with E-state index < -0.39 is 17.9 Å². The maximum atomic E-state index is 12.8. The van der Waals surface area contributed by atoms with E-state index in [-0.39, 0.29) is 12.0 Å². The molecule has 4 N–H and O–H groups in total. The summed E-state index contributed by atoms with van der Waals surface area (Å²) in [5.41, 5.74) is 5.10. The number of nitrogens with zero attached hydrogens (tertiary/aromatic N) is 2. The lowest BCUT2D eigenvalue weighted by molar-refractivity contribution is -0.155. The minimum absolute atomic E-state index is 0.00617. The number of hydrogen-bond donors (Lipinski definition) is 3. The van der Waals surface area contributed by atoms with Crippen LogP contribution in [0.3, 0.4) is 0 Å². The van der Waals surface area contributed by atoms with Crippen molar-refractivity contribution in [3.05, 3.63) is 0 Å². The molecule has 20 heavy (non-hydrogen) atoms. The number of alkyl halides is 3. The fraction of sp³-hybridized carbons (Fsp3) is 0.917. The molecule has 0 spiro atoms. The molecule has 1 saturated heterocycles. The van der Waals surface area contributed by atoms with Gasteiger partial charge in [-0.15, -0.1) is 0 Å². The molecule has 0 radical (unpaired) electrons. The van der Waals surface area contributed by atoms with Gasteiger partial charge in [0.05, 0.1) is 0 Å². The summed E-state index contributed by atoms with van der Waals surface area (Å²) >= 11 is 0. The number of likely N-dealkylation sites (tertiary alicyclic amines) is 1. The average molecular weight is 296 g/mol. The fourth-order valence-corrected chi connectivity index (χ4v) is 2.31. The van der Waals surface area contributed by atoms with E-state index >= 15 is 0 Å². The third-order valence-corrected chi connectivity index (χ3v) is 3.96. The van der Waals surface area contributed by atoms with Crippen LogP contribution in [0.5, 0.6) is 0 Å². The summed E-state index contributed by atoms with van der Waals surface area (Å²) in [5, 5.41) is 13.7. The van der Waals surface area contributed by atoms with Crippen molar-refractivity contribution in [1.29, 1.82) is 0 Å². The lowest BCUT2D eigenvalue weighted by Gasteiger charge is -2.38. The highest BCUT2D eigenvalue weighted by atomic mass is 19.4. The number of piperidine rings is 1. The number of amidine groups is 1. The maximum absolute atomic E-state index is 12.8. The number of oxime groups is 1. The number of nitrogens with two attached hydrogens (primary N) is 1. The van der Waals surface area contributed by atoms with E-state index in [9.17, 15) is 13.2 Å². The van der Waals surface area contributed by atoms with Crippen molar-refractivity contribution in [2.45, 2.75) is 25.9 Å². The normalized spacial score (nSPS) is 22.8. The number of nitrogens with one attached hydrogen (secondary N) is 1. The number of rotatable bonds is 5. The maximum Gasteiger partial charge on any atom is 0.400 e. The molecule has 0 saturated carbocycles. The Morgan fingerprint density at radius 1 is 1.45 bits per heavy atom. The molecule has 0 aromatic heterocycles. The molecule has 0 aromatic carbocycles. The van der Waals surface area contributed by atoms with E-state index in [0.29, 0.717) is 6.54 Å². The van der Waals surface area contributed by atoms with Gasteiger partial charge in [0, 0.05) is 13.1 Å². The van der Waals surface area contributed by atoms with Crippen LogP contribution in [0.25, 0.3) is 0 Å². The largest absolute Gasteiger partial charge is 0.409 e. The Labute approximate surface area is 117 Å². The highest BCUT2D eigenvalue weighted by Crippen LogP contribution is 2.30. The lowest BCUT2D eigenvalue weighted by Crippen LogP contribution is -2.47. The highest BCUT2D eigenvalue weighted by molar-refractivity contribution is 5.83. The molecule has 1 unspecified atom stereocenters. The summed E-state index contributed by atoms with van der Waals surface area (Å²) in [7, 11) is 2.03. The molecule has 0 bridgehead atoms. The molecule has 1 aliphatic rings. The topological polar surface area (TPSA) is 73.9 Å². The first-order valence-corrected chi connectivity index (χ1v) is 6.61. The van der Waals surface area contributed by atoms with Gasteiger partial charge in [0.25, 0.3) is 0 Å². The van der Waals surface area contributed by atoms with Gasteiger partial charge >= 0.3 is 6.18 Å². The zero-order valence-electron chi connectivity index (χ0n) is 11.9. The van der Waals surface area contributed by atoms with Crippen LogP contribution in [0.1, 0.15) is 19.8 Å². The summed E-state index contributed by atoms with van der Waals surface area (Å²) in [5.74, 6) is -2.76. The lowest BCUT2D eigenvalue weighted by atomic mass is 9.80. The zero-order chi connectivity index (χ0) is 15.4. The van der Waals surface area contributed by atoms with Crippen molar-refractivity contribution in [2.24, 2.45) is 22.2 Å². The molecule has 118 valence electrons. The standard InChI is InChI=1S/C12H23F3N4O/c1-11(3-5-19(2)6-4-11)8-17-7-9(10(16)18-20)12(13,14)15/h9,17,20H,3-8H2,1-2H3,(H2,16,18). The van der Waals surface area contributed by atoms with Crippen LogP contribution in [0.2, 0.25) is 0 Å². The first-order chi connectivity index (χ1) is 9.18. The number of halogens is 3. The van der Waals surface area contributed by atoms with Gasteiger partial charge in [-0.25, -0.2) is 0 Å². The predicted octanol–water partition coefficient (Wildman–Crippen LogP) is 1.23. The fourth-order valence-electron chi connectivity index (χ4n) is 2.31. The smallest absolute Gasteiger partial charge is 0.400 e. The van der Waals surface area contributed by atoms with Crippen LogP contribution in [0.15, 0.2) is 5.16 Å². The van der Waals surface area contributed by atoms with Crippen molar-refractivity contribution in [3.63, 3.8) is 0 Å². The summed E-state index contributed by atoms with van der Waals surface area (Å²) in [6.07, 6.45) is -2.63. The zero-order valence-corrected chi connectivity index (χ0v) is 11.9. The van der Waals surface area contributed by atoms with E-state index in [1.165, 1.54) is 0 Å². The molecule has 1 rings (SSSR count). The van der Waals surface area contributed by atoms with E-state index in [0.717, 1.165) is 25.9 Å². The van der Waals surface area contributed by atoms with Gasteiger partial charge in [-0.1, -0.05) is 12.1 Å².